The summed E-state index contributed by atoms with van der Waals surface area (Å²) in [7, 11) is 0. The highest BCUT2D eigenvalue weighted by molar-refractivity contribution is 7.98. The van der Waals surface area contributed by atoms with Gasteiger partial charge in [-0.05, 0) is 57.0 Å². The Morgan fingerprint density at radius 3 is 2.87 bits per heavy atom. The minimum Gasteiger partial charge on any atom is -0.494 e. The number of aromatic nitrogens is 2. The highest BCUT2D eigenvalue weighted by atomic mass is 32.2. The van der Waals surface area contributed by atoms with E-state index in [0.29, 0.717) is 40.5 Å². The molecule has 1 fully saturated rings. The van der Waals surface area contributed by atoms with Gasteiger partial charge >= 0.3 is 0 Å². The van der Waals surface area contributed by atoms with Gasteiger partial charge in [0.1, 0.15) is 5.75 Å². The van der Waals surface area contributed by atoms with E-state index >= 15 is 0 Å². The van der Waals surface area contributed by atoms with Gasteiger partial charge in [0.15, 0.2) is 10.9 Å². The number of rotatable bonds is 8. The molecule has 4 rings (SSSR count). The van der Waals surface area contributed by atoms with Crippen LogP contribution in [0.25, 0.3) is 10.9 Å². The van der Waals surface area contributed by atoms with Crippen LogP contribution < -0.4 is 10.3 Å². The zero-order valence-corrected chi connectivity index (χ0v) is 18.6. The second-order valence-corrected chi connectivity index (χ2v) is 8.51. The predicted molar refractivity (Wildman–Crippen MR) is 122 cm³/mol. The molecule has 162 valence electrons. The highest BCUT2D eigenvalue weighted by Crippen LogP contribution is 2.29. The first-order valence-corrected chi connectivity index (χ1v) is 11.6. The lowest BCUT2D eigenvalue weighted by atomic mass is 10.1. The van der Waals surface area contributed by atoms with Crippen molar-refractivity contribution in [3.8, 4) is 5.75 Å². The molecule has 2 aromatic carbocycles. The summed E-state index contributed by atoms with van der Waals surface area (Å²) in [6.07, 6.45) is 1.98. The van der Waals surface area contributed by atoms with Crippen molar-refractivity contribution in [2.45, 2.75) is 50.2 Å². The van der Waals surface area contributed by atoms with Gasteiger partial charge in [-0.1, -0.05) is 23.9 Å². The lowest BCUT2D eigenvalue weighted by Gasteiger charge is -2.17. The Balaban J connectivity index is 1.70. The Kier molecular flexibility index (Phi) is 6.73. The first kappa shape index (κ1) is 21.6. The summed E-state index contributed by atoms with van der Waals surface area (Å²) in [4.78, 5) is 29.9. The summed E-state index contributed by atoms with van der Waals surface area (Å²) in [5.74, 6) is 1.29. The van der Waals surface area contributed by atoms with Crippen molar-refractivity contribution in [2.75, 3.05) is 13.2 Å². The van der Waals surface area contributed by atoms with Crippen LogP contribution in [0, 0.1) is 0 Å². The van der Waals surface area contributed by atoms with Gasteiger partial charge in [0.25, 0.3) is 5.56 Å². The first-order chi connectivity index (χ1) is 15.1. The van der Waals surface area contributed by atoms with E-state index < -0.39 is 0 Å². The fraction of sp³-hybridized carbons (Fsp3) is 0.375. The van der Waals surface area contributed by atoms with E-state index in [4.69, 9.17) is 14.5 Å². The Labute approximate surface area is 185 Å². The van der Waals surface area contributed by atoms with Crippen LogP contribution in [0.2, 0.25) is 0 Å². The van der Waals surface area contributed by atoms with Crippen LogP contribution in [0.4, 0.5) is 0 Å². The van der Waals surface area contributed by atoms with E-state index in [1.165, 1.54) is 11.8 Å². The van der Waals surface area contributed by atoms with Crippen LogP contribution in [0.1, 0.15) is 42.6 Å². The predicted octanol–water partition coefficient (Wildman–Crippen LogP) is 4.47. The van der Waals surface area contributed by atoms with Crippen LogP contribution in [0.3, 0.4) is 0 Å². The SMILES string of the molecule is CCOc1ccc(C(C)=O)cc1CSc1nc2ccccc2c(=O)n1CC1CCCO1. The number of ether oxygens (including phenoxy) is 2. The Morgan fingerprint density at radius 2 is 2.13 bits per heavy atom. The molecule has 1 aromatic heterocycles. The molecule has 0 spiro atoms. The summed E-state index contributed by atoms with van der Waals surface area (Å²) in [5, 5.41) is 1.26. The van der Waals surface area contributed by atoms with E-state index in [0.717, 1.165) is 30.8 Å². The summed E-state index contributed by atoms with van der Waals surface area (Å²) in [5.41, 5.74) is 2.18. The number of nitrogens with zero attached hydrogens (tertiary/aromatic N) is 2. The van der Waals surface area contributed by atoms with Crippen LogP contribution in [-0.4, -0.2) is 34.7 Å². The van der Waals surface area contributed by atoms with E-state index in [-0.39, 0.29) is 17.4 Å². The van der Waals surface area contributed by atoms with Gasteiger partial charge in [-0.2, -0.15) is 0 Å². The van der Waals surface area contributed by atoms with E-state index in [1.807, 2.05) is 43.3 Å². The Hall–Kier alpha value is -2.64. The fourth-order valence-electron chi connectivity index (χ4n) is 3.76. The topological polar surface area (TPSA) is 70.4 Å². The van der Waals surface area contributed by atoms with Crippen molar-refractivity contribution in [3.63, 3.8) is 0 Å². The number of para-hydroxylation sites is 1. The van der Waals surface area contributed by atoms with Gasteiger partial charge in [0, 0.05) is 23.5 Å². The number of thioether (sulfide) groups is 1. The van der Waals surface area contributed by atoms with Crippen molar-refractivity contribution in [3.05, 3.63) is 63.9 Å². The molecule has 6 nitrogen and oxygen atoms in total. The molecule has 1 atom stereocenters. The molecule has 1 aliphatic rings. The van der Waals surface area contributed by atoms with Crippen molar-refractivity contribution in [1.29, 1.82) is 0 Å². The smallest absolute Gasteiger partial charge is 0.262 e. The third-order valence-corrected chi connectivity index (χ3v) is 6.39. The van der Waals surface area contributed by atoms with Crippen molar-refractivity contribution in [2.24, 2.45) is 0 Å². The molecule has 0 radical (unpaired) electrons. The minimum atomic E-state index is -0.0499. The number of hydrogen-bond acceptors (Lipinski definition) is 6. The fourth-order valence-corrected chi connectivity index (χ4v) is 4.75. The molecule has 3 aromatic rings. The molecule has 31 heavy (non-hydrogen) atoms. The Morgan fingerprint density at radius 1 is 1.29 bits per heavy atom. The summed E-state index contributed by atoms with van der Waals surface area (Å²) < 4.78 is 13.3. The molecular weight excluding hydrogens is 412 g/mol. The third-order valence-electron chi connectivity index (χ3n) is 5.36. The number of carbonyl (C=O) groups is 1. The number of ketones is 1. The lowest BCUT2D eigenvalue weighted by molar-refractivity contribution is 0.0937. The van der Waals surface area contributed by atoms with Gasteiger partial charge in [-0.15, -0.1) is 0 Å². The first-order valence-electron chi connectivity index (χ1n) is 10.6. The van der Waals surface area contributed by atoms with Crippen molar-refractivity contribution in [1.82, 2.24) is 9.55 Å². The largest absolute Gasteiger partial charge is 0.494 e. The zero-order chi connectivity index (χ0) is 21.8. The maximum atomic E-state index is 13.2. The minimum absolute atomic E-state index is 0.00780. The number of hydrogen-bond donors (Lipinski definition) is 0. The monoisotopic (exact) mass is 438 g/mol. The van der Waals surface area contributed by atoms with Crippen LogP contribution >= 0.6 is 11.8 Å². The average Bonchev–Trinajstić information content (AvgIpc) is 3.28. The quantitative estimate of drug-likeness (QED) is 0.294. The normalized spacial score (nSPS) is 16.0. The van der Waals surface area contributed by atoms with E-state index in [9.17, 15) is 9.59 Å². The number of carbonyl (C=O) groups excluding carboxylic acids is 1. The second kappa shape index (κ2) is 9.66. The third kappa shape index (κ3) is 4.83. The maximum absolute atomic E-state index is 13.2. The highest BCUT2D eigenvalue weighted by Gasteiger charge is 2.20. The molecule has 1 unspecified atom stereocenters. The van der Waals surface area contributed by atoms with E-state index in [2.05, 4.69) is 0 Å². The molecular formula is C24H26N2O4S. The molecule has 0 bridgehead atoms. The summed E-state index contributed by atoms with van der Waals surface area (Å²) >= 11 is 1.48. The van der Waals surface area contributed by atoms with Gasteiger partial charge < -0.3 is 9.47 Å². The molecule has 1 saturated heterocycles. The molecule has 0 N–H and O–H groups in total. The standard InChI is InChI=1S/C24H26N2O4S/c1-3-29-22-11-10-17(16(2)27)13-18(22)15-31-24-25-21-9-5-4-8-20(21)23(28)26(24)14-19-7-6-12-30-19/h4-5,8-11,13,19H,3,6-7,12,14-15H2,1-2H3. The van der Waals surface area contributed by atoms with Gasteiger partial charge in [0.05, 0.1) is 30.2 Å². The molecule has 7 heteroatoms. The molecule has 0 aliphatic carbocycles. The number of Topliss-reactive ketones (excluding diaryl/α,β-unsaturated/α-hetero) is 1. The van der Waals surface area contributed by atoms with Crippen LogP contribution in [-0.2, 0) is 17.0 Å². The van der Waals surface area contributed by atoms with Crippen LogP contribution in [0.15, 0.2) is 52.4 Å². The van der Waals surface area contributed by atoms with Crippen molar-refractivity contribution < 1.29 is 14.3 Å². The van der Waals surface area contributed by atoms with Crippen LogP contribution in [0.5, 0.6) is 5.75 Å². The molecule has 0 amide bonds. The zero-order valence-electron chi connectivity index (χ0n) is 17.8. The maximum Gasteiger partial charge on any atom is 0.262 e. The molecule has 0 saturated carbocycles. The average molecular weight is 439 g/mol. The number of fused-ring (bicyclic) bond motifs is 1. The number of benzene rings is 2. The summed E-state index contributed by atoms with van der Waals surface area (Å²) in [6, 6.07) is 12.9. The molecule has 2 heterocycles. The van der Waals surface area contributed by atoms with Gasteiger partial charge in [-0.3, -0.25) is 14.2 Å². The van der Waals surface area contributed by atoms with Gasteiger partial charge in [0.2, 0.25) is 0 Å². The van der Waals surface area contributed by atoms with Gasteiger partial charge in [-0.25, -0.2) is 4.98 Å². The second-order valence-electron chi connectivity index (χ2n) is 7.56. The van der Waals surface area contributed by atoms with Crippen molar-refractivity contribution >= 4 is 28.4 Å². The molecule has 1 aliphatic heterocycles. The lowest BCUT2D eigenvalue weighted by Crippen LogP contribution is -2.28. The summed E-state index contributed by atoms with van der Waals surface area (Å²) in [6.45, 7) is 5.25. The Bertz CT molecular complexity index is 1150. The van der Waals surface area contributed by atoms with E-state index in [1.54, 1.807) is 17.6 Å².